The third-order valence-electron chi connectivity index (χ3n) is 3.10. The number of hydrogen-bond donors (Lipinski definition) is 2. The molecule has 2 nitrogen and oxygen atoms in total. The molecule has 1 aliphatic carbocycles. The highest BCUT2D eigenvalue weighted by molar-refractivity contribution is 8.00. The van der Waals surface area contributed by atoms with E-state index in [2.05, 4.69) is 37.7 Å². The van der Waals surface area contributed by atoms with E-state index in [9.17, 15) is 0 Å². The molecule has 2 N–H and O–H groups in total. The van der Waals surface area contributed by atoms with Crippen molar-refractivity contribution in [3.63, 3.8) is 0 Å². The first-order valence-corrected chi connectivity index (χ1v) is 7.21. The van der Waals surface area contributed by atoms with Gasteiger partial charge in [-0.25, -0.2) is 0 Å². The van der Waals surface area contributed by atoms with Gasteiger partial charge in [0.25, 0.3) is 0 Å². The van der Waals surface area contributed by atoms with Gasteiger partial charge in [-0.15, -0.1) is 0 Å². The smallest absolute Gasteiger partial charge is 0.0281 e. The fourth-order valence-electron chi connectivity index (χ4n) is 1.87. The SMILES string of the molecule is CSC1(CNCCNC(C)(C)C)CCC1. The first-order chi connectivity index (χ1) is 6.97. The van der Waals surface area contributed by atoms with Crippen molar-refractivity contribution in [2.75, 3.05) is 25.9 Å². The molecule has 1 fully saturated rings. The van der Waals surface area contributed by atoms with Gasteiger partial charge in [0.05, 0.1) is 0 Å². The molecule has 0 aromatic heterocycles. The molecule has 0 amide bonds. The Morgan fingerprint density at radius 2 is 1.87 bits per heavy atom. The van der Waals surface area contributed by atoms with Crippen LogP contribution in [0, 0.1) is 0 Å². The number of hydrogen-bond acceptors (Lipinski definition) is 3. The van der Waals surface area contributed by atoms with Crippen LogP contribution in [-0.2, 0) is 0 Å². The van der Waals surface area contributed by atoms with Gasteiger partial charge in [-0.2, -0.15) is 11.8 Å². The van der Waals surface area contributed by atoms with Gasteiger partial charge in [0.2, 0.25) is 0 Å². The monoisotopic (exact) mass is 230 g/mol. The van der Waals surface area contributed by atoms with E-state index in [-0.39, 0.29) is 5.54 Å². The Labute approximate surface area is 99.0 Å². The van der Waals surface area contributed by atoms with Crippen molar-refractivity contribution in [1.29, 1.82) is 0 Å². The zero-order valence-electron chi connectivity index (χ0n) is 10.7. The minimum atomic E-state index is 0.245. The molecule has 3 heteroatoms. The Kier molecular flexibility index (Phi) is 4.94. The van der Waals surface area contributed by atoms with Crippen LogP contribution in [-0.4, -0.2) is 36.2 Å². The van der Waals surface area contributed by atoms with Crippen LogP contribution < -0.4 is 10.6 Å². The van der Waals surface area contributed by atoms with Crippen LogP contribution in [0.1, 0.15) is 40.0 Å². The first kappa shape index (κ1) is 13.3. The van der Waals surface area contributed by atoms with Gasteiger partial charge in [0, 0.05) is 29.9 Å². The maximum Gasteiger partial charge on any atom is 0.0281 e. The number of nitrogens with one attached hydrogen (secondary N) is 2. The summed E-state index contributed by atoms with van der Waals surface area (Å²) in [5.74, 6) is 0. The predicted molar refractivity (Wildman–Crippen MR) is 70.7 cm³/mol. The Morgan fingerprint density at radius 1 is 1.20 bits per heavy atom. The average molecular weight is 230 g/mol. The molecule has 0 unspecified atom stereocenters. The van der Waals surface area contributed by atoms with Crippen molar-refractivity contribution in [3.05, 3.63) is 0 Å². The molecule has 0 bridgehead atoms. The molecule has 15 heavy (non-hydrogen) atoms. The summed E-state index contributed by atoms with van der Waals surface area (Å²) in [6.45, 7) is 9.96. The van der Waals surface area contributed by atoms with Crippen LogP contribution in [0.2, 0.25) is 0 Å². The highest BCUT2D eigenvalue weighted by Gasteiger charge is 2.35. The Morgan fingerprint density at radius 3 is 2.27 bits per heavy atom. The summed E-state index contributed by atoms with van der Waals surface area (Å²) >= 11 is 2.04. The van der Waals surface area contributed by atoms with Crippen molar-refractivity contribution >= 4 is 11.8 Å². The average Bonchev–Trinajstić information content (AvgIpc) is 2.06. The quantitative estimate of drug-likeness (QED) is 0.684. The second-order valence-electron chi connectivity index (χ2n) is 5.59. The van der Waals surface area contributed by atoms with Gasteiger partial charge in [-0.3, -0.25) is 0 Å². The molecule has 0 heterocycles. The molecule has 1 saturated carbocycles. The number of thioether (sulfide) groups is 1. The van der Waals surface area contributed by atoms with Crippen LogP contribution in [0.5, 0.6) is 0 Å². The fourth-order valence-corrected chi connectivity index (χ4v) is 2.81. The summed E-state index contributed by atoms with van der Waals surface area (Å²) < 4.78 is 0.571. The largest absolute Gasteiger partial charge is 0.314 e. The minimum Gasteiger partial charge on any atom is -0.314 e. The van der Waals surface area contributed by atoms with E-state index in [0.29, 0.717) is 4.75 Å². The van der Waals surface area contributed by atoms with E-state index in [0.717, 1.165) is 13.1 Å². The molecule has 0 radical (unpaired) electrons. The van der Waals surface area contributed by atoms with Crippen LogP contribution in [0.4, 0.5) is 0 Å². The Balaban J connectivity index is 2.02. The summed E-state index contributed by atoms with van der Waals surface area (Å²) in [7, 11) is 0. The maximum absolute atomic E-state index is 3.57. The summed E-state index contributed by atoms with van der Waals surface area (Å²) in [6.07, 6.45) is 6.46. The lowest BCUT2D eigenvalue weighted by atomic mass is 9.84. The van der Waals surface area contributed by atoms with Gasteiger partial charge >= 0.3 is 0 Å². The maximum atomic E-state index is 3.57. The van der Waals surface area contributed by atoms with Crippen LogP contribution in [0.3, 0.4) is 0 Å². The van der Waals surface area contributed by atoms with Crippen LogP contribution >= 0.6 is 11.8 Å². The predicted octanol–water partition coefficient (Wildman–Crippen LogP) is 2.25. The van der Waals surface area contributed by atoms with Crippen LogP contribution in [0.25, 0.3) is 0 Å². The topological polar surface area (TPSA) is 24.1 Å². The van der Waals surface area contributed by atoms with Crippen molar-refractivity contribution < 1.29 is 0 Å². The molecule has 90 valence electrons. The molecule has 0 aromatic rings. The number of rotatable bonds is 6. The van der Waals surface area contributed by atoms with Crippen LogP contribution in [0.15, 0.2) is 0 Å². The normalized spacial score (nSPS) is 20.0. The van der Waals surface area contributed by atoms with Gasteiger partial charge in [-0.05, 0) is 39.9 Å². The summed E-state index contributed by atoms with van der Waals surface area (Å²) in [4.78, 5) is 0. The third-order valence-corrected chi connectivity index (χ3v) is 4.52. The zero-order chi connectivity index (χ0) is 11.4. The van der Waals surface area contributed by atoms with E-state index >= 15 is 0 Å². The van der Waals surface area contributed by atoms with Gasteiger partial charge in [0.1, 0.15) is 0 Å². The van der Waals surface area contributed by atoms with E-state index in [1.54, 1.807) is 0 Å². The molecule has 0 aliphatic heterocycles. The Hall–Kier alpha value is 0.270. The van der Waals surface area contributed by atoms with E-state index in [1.807, 2.05) is 11.8 Å². The summed E-state index contributed by atoms with van der Waals surface area (Å²) in [6, 6.07) is 0. The lowest BCUT2D eigenvalue weighted by Crippen LogP contribution is -2.46. The summed E-state index contributed by atoms with van der Waals surface area (Å²) in [5.41, 5.74) is 0.245. The molecule has 0 saturated heterocycles. The lowest BCUT2D eigenvalue weighted by molar-refractivity contribution is 0.341. The van der Waals surface area contributed by atoms with Crippen molar-refractivity contribution in [2.24, 2.45) is 0 Å². The van der Waals surface area contributed by atoms with Gasteiger partial charge < -0.3 is 10.6 Å². The van der Waals surface area contributed by atoms with Crippen molar-refractivity contribution in [2.45, 2.75) is 50.3 Å². The van der Waals surface area contributed by atoms with Gasteiger partial charge in [0.15, 0.2) is 0 Å². The first-order valence-electron chi connectivity index (χ1n) is 5.98. The minimum absolute atomic E-state index is 0.245. The second-order valence-corrected chi connectivity index (χ2v) is 6.87. The van der Waals surface area contributed by atoms with Crippen molar-refractivity contribution in [1.82, 2.24) is 10.6 Å². The highest BCUT2D eigenvalue weighted by atomic mass is 32.2. The molecule has 0 aromatic carbocycles. The highest BCUT2D eigenvalue weighted by Crippen LogP contribution is 2.41. The fraction of sp³-hybridized carbons (Fsp3) is 1.00. The van der Waals surface area contributed by atoms with Gasteiger partial charge in [-0.1, -0.05) is 6.42 Å². The molecule has 1 aliphatic rings. The molecular weight excluding hydrogens is 204 g/mol. The van der Waals surface area contributed by atoms with E-state index in [1.165, 1.54) is 25.8 Å². The van der Waals surface area contributed by atoms with E-state index in [4.69, 9.17) is 0 Å². The summed E-state index contributed by atoms with van der Waals surface area (Å²) in [5, 5.41) is 7.06. The molecule has 1 rings (SSSR count). The zero-order valence-corrected chi connectivity index (χ0v) is 11.5. The molecular formula is C12H26N2S. The molecule has 0 atom stereocenters. The molecule has 0 spiro atoms. The standard InChI is InChI=1S/C12H26N2S/c1-11(2,3)14-9-8-13-10-12(15-4)6-5-7-12/h13-14H,5-10H2,1-4H3. The third kappa shape index (κ3) is 4.75. The van der Waals surface area contributed by atoms with E-state index < -0.39 is 0 Å². The van der Waals surface area contributed by atoms with Crippen molar-refractivity contribution in [3.8, 4) is 0 Å². The Bertz CT molecular complexity index is 177. The lowest BCUT2D eigenvalue weighted by Gasteiger charge is -2.40. The second kappa shape index (κ2) is 5.55.